The van der Waals surface area contributed by atoms with Gasteiger partial charge in [0.05, 0.1) is 19.1 Å². The van der Waals surface area contributed by atoms with Crippen molar-refractivity contribution >= 4 is 5.97 Å². The van der Waals surface area contributed by atoms with E-state index in [0.717, 1.165) is 44.1 Å². The molecule has 0 saturated carbocycles. The van der Waals surface area contributed by atoms with E-state index in [4.69, 9.17) is 14.2 Å². The Hall–Kier alpha value is -1.47. The van der Waals surface area contributed by atoms with Gasteiger partial charge in [-0.2, -0.15) is 0 Å². The zero-order valence-corrected chi connectivity index (χ0v) is 20.2. The smallest absolute Gasteiger partial charge is 0.305 e. The number of aliphatic carboxylic acids is 1. The van der Waals surface area contributed by atoms with E-state index in [2.05, 4.69) is 37.8 Å². The fraction of sp³-hybridized carbons (Fsp3) is 0.731. The van der Waals surface area contributed by atoms with Crippen LogP contribution in [0.3, 0.4) is 0 Å². The summed E-state index contributed by atoms with van der Waals surface area (Å²) in [5.74, 6) is -0.808. The van der Waals surface area contributed by atoms with Crippen molar-refractivity contribution in [1.29, 1.82) is 0 Å². The fourth-order valence-corrected chi connectivity index (χ4v) is 4.28. The van der Waals surface area contributed by atoms with Gasteiger partial charge in [-0.15, -0.1) is 0 Å². The highest BCUT2D eigenvalue weighted by Gasteiger charge is 2.51. The van der Waals surface area contributed by atoms with Crippen LogP contribution in [-0.2, 0) is 25.5 Å². The van der Waals surface area contributed by atoms with Gasteiger partial charge in [0.1, 0.15) is 12.2 Å². The quantitative estimate of drug-likeness (QED) is 0.341. The summed E-state index contributed by atoms with van der Waals surface area (Å²) in [7, 11) is 0. The van der Waals surface area contributed by atoms with Gasteiger partial charge in [-0.05, 0) is 24.8 Å². The summed E-state index contributed by atoms with van der Waals surface area (Å²) < 4.78 is 18.8. The molecule has 1 fully saturated rings. The summed E-state index contributed by atoms with van der Waals surface area (Å²) >= 11 is 0. The van der Waals surface area contributed by atoms with Gasteiger partial charge in [-0.3, -0.25) is 9.69 Å². The molecule has 6 nitrogen and oxygen atoms in total. The Kier molecular flexibility index (Phi) is 12.9. The molecule has 1 aromatic carbocycles. The first-order valence-electron chi connectivity index (χ1n) is 12.4. The molecule has 1 heterocycles. The van der Waals surface area contributed by atoms with Crippen LogP contribution in [0.15, 0.2) is 30.3 Å². The second kappa shape index (κ2) is 15.4. The van der Waals surface area contributed by atoms with Crippen LogP contribution >= 0.6 is 0 Å². The van der Waals surface area contributed by atoms with Crippen LogP contribution in [0.4, 0.5) is 0 Å². The number of ether oxygens (including phenoxy) is 3. The number of hydrogen-bond donors (Lipinski definition) is 1. The van der Waals surface area contributed by atoms with E-state index in [1.165, 1.54) is 0 Å². The van der Waals surface area contributed by atoms with Crippen molar-refractivity contribution in [2.75, 3.05) is 26.4 Å². The molecule has 0 aliphatic carbocycles. The number of carbonyl (C=O) groups is 1. The molecule has 6 heteroatoms. The molecule has 4 atom stereocenters. The van der Waals surface area contributed by atoms with Crippen LogP contribution in [0.1, 0.15) is 71.3 Å². The van der Waals surface area contributed by atoms with Crippen molar-refractivity contribution in [1.82, 2.24) is 4.90 Å². The fourth-order valence-electron chi connectivity index (χ4n) is 4.28. The zero-order chi connectivity index (χ0) is 23.2. The maximum atomic E-state index is 11.8. The van der Waals surface area contributed by atoms with E-state index in [1.54, 1.807) is 0 Å². The summed E-state index contributed by atoms with van der Waals surface area (Å²) in [6.07, 6.45) is 5.67. The van der Waals surface area contributed by atoms with Crippen molar-refractivity contribution < 1.29 is 24.1 Å². The second-order valence-corrected chi connectivity index (χ2v) is 8.70. The Morgan fingerprint density at radius 1 is 0.875 bits per heavy atom. The normalized spacial score (nSPS) is 23.6. The Labute approximate surface area is 194 Å². The third kappa shape index (κ3) is 8.47. The number of carboxylic acid groups (broad SMARTS) is 1. The Bertz CT molecular complexity index is 626. The number of likely N-dealkylation sites (tertiary alicyclic amines) is 1. The van der Waals surface area contributed by atoms with Gasteiger partial charge < -0.3 is 19.3 Å². The number of nitrogens with zero attached hydrogens (tertiary/aromatic N) is 1. The Balaban J connectivity index is 2.31. The van der Waals surface area contributed by atoms with Crippen molar-refractivity contribution in [2.24, 2.45) is 0 Å². The molecule has 1 aromatic rings. The molecule has 1 saturated heterocycles. The van der Waals surface area contributed by atoms with Gasteiger partial charge in [-0.25, -0.2) is 0 Å². The third-order valence-electron chi connectivity index (χ3n) is 6.07. The number of unbranched alkanes of at least 4 members (excludes halogenated alkanes) is 3. The molecule has 0 aromatic heterocycles. The number of rotatable bonds is 17. The summed E-state index contributed by atoms with van der Waals surface area (Å²) in [4.78, 5) is 14.1. The van der Waals surface area contributed by atoms with Crippen LogP contribution in [0.5, 0.6) is 0 Å². The first kappa shape index (κ1) is 26.8. The van der Waals surface area contributed by atoms with E-state index in [0.29, 0.717) is 33.0 Å². The van der Waals surface area contributed by atoms with Gasteiger partial charge in [-0.1, -0.05) is 70.4 Å². The van der Waals surface area contributed by atoms with Crippen LogP contribution in [-0.4, -0.2) is 66.7 Å². The largest absolute Gasteiger partial charge is 0.481 e. The Morgan fingerprint density at radius 3 is 2.00 bits per heavy atom. The molecule has 0 bridgehead atoms. The summed E-state index contributed by atoms with van der Waals surface area (Å²) in [6, 6.07) is 9.93. The minimum Gasteiger partial charge on any atom is -0.481 e. The van der Waals surface area contributed by atoms with Gasteiger partial charge in [0, 0.05) is 32.4 Å². The molecule has 1 aliphatic rings. The highest BCUT2D eigenvalue weighted by Crippen LogP contribution is 2.34. The van der Waals surface area contributed by atoms with E-state index in [1.807, 2.05) is 18.2 Å². The lowest BCUT2D eigenvalue weighted by molar-refractivity contribution is -0.140. The van der Waals surface area contributed by atoms with Crippen molar-refractivity contribution in [2.45, 2.75) is 96.6 Å². The van der Waals surface area contributed by atoms with E-state index < -0.39 is 5.97 Å². The van der Waals surface area contributed by atoms with Crippen LogP contribution in [0.2, 0.25) is 0 Å². The van der Waals surface area contributed by atoms with Crippen molar-refractivity contribution in [3.63, 3.8) is 0 Å². The number of benzene rings is 1. The minimum atomic E-state index is -0.808. The van der Waals surface area contributed by atoms with Crippen molar-refractivity contribution in [3.8, 4) is 0 Å². The molecule has 2 rings (SSSR count). The standard InChI is InChI=1S/C26H43NO5/c1-4-7-15-30-20-23-26(32-17-9-6-3)25(31-16-8-5-2)22(18-24(28)29)27(23)19-21-13-11-10-12-14-21/h10-14,22-23,25-26H,4-9,15-20H2,1-3H3,(H,28,29)/t22?,23-,25-,26-/m1/s1. The summed E-state index contributed by atoms with van der Waals surface area (Å²) in [5.41, 5.74) is 1.16. The first-order chi connectivity index (χ1) is 15.6. The number of hydrogen-bond acceptors (Lipinski definition) is 5. The molecule has 182 valence electrons. The van der Waals surface area contributed by atoms with Gasteiger partial charge in [0.2, 0.25) is 0 Å². The van der Waals surface area contributed by atoms with Crippen LogP contribution in [0.25, 0.3) is 0 Å². The SMILES string of the molecule is CCCCOC[C@@H]1[C@@H](OCCCC)[C@H](OCCCC)C(CC(=O)O)N1Cc1ccccc1. The second-order valence-electron chi connectivity index (χ2n) is 8.70. The highest BCUT2D eigenvalue weighted by atomic mass is 16.5. The lowest BCUT2D eigenvalue weighted by Gasteiger charge is -2.30. The minimum absolute atomic E-state index is 0.0305. The summed E-state index contributed by atoms with van der Waals surface area (Å²) in [5, 5.41) is 9.73. The van der Waals surface area contributed by atoms with Crippen LogP contribution in [0, 0.1) is 0 Å². The van der Waals surface area contributed by atoms with E-state index >= 15 is 0 Å². The molecular formula is C26H43NO5. The molecule has 0 radical (unpaired) electrons. The molecule has 1 unspecified atom stereocenters. The molecule has 32 heavy (non-hydrogen) atoms. The lowest BCUT2D eigenvalue weighted by Crippen LogP contribution is -2.43. The lowest BCUT2D eigenvalue weighted by atomic mass is 10.0. The third-order valence-corrected chi connectivity index (χ3v) is 6.07. The van der Waals surface area contributed by atoms with E-state index in [-0.39, 0.29) is 30.7 Å². The molecular weight excluding hydrogens is 406 g/mol. The molecule has 1 N–H and O–H groups in total. The van der Waals surface area contributed by atoms with Crippen molar-refractivity contribution in [3.05, 3.63) is 35.9 Å². The topological polar surface area (TPSA) is 68.2 Å². The molecule has 0 spiro atoms. The summed E-state index contributed by atoms with van der Waals surface area (Å²) in [6.45, 7) is 9.58. The zero-order valence-electron chi connectivity index (χ0n) is 20.2. The van der Waals surface area contributed by atoms with Gasteiger partial charge in [0.25, 0.3) is 0 Å². The van der Waals surface area contributed by atoms with E-state index in [9.17, 15) is 9.90 Å². The van der Waals surface area contributed by atoms with Crippen LogP contribution < -0.4 is 0 Å². The van der Waals surface area contributed by atoms with Gasteiger partial charge >= 0.3 is 5.97 Å². The monoisotopic (exact) mass is 449 g/mol. The predicted molar refractivity (Wildman–Crippen MR) is 127 cm³/mol. The average Bonchev–Trinajstić information content (AvgIpc) is 3.03. The maximum absolute atomic E-state index is 11.8. The molecule has 0 amide bonds. The average molecular weight is 450 g/mol. The first-order valence-corrected chi connectivity index (χ1v) is 12.4. The maximum Gasteiger partial charge on any atom is 0.305 e. The van der Waals surface area contributed by atoms with Gasteiger partial charge in [0.15, 0.2) is 0 Å². The predicted octanol–water partition coefficient (Wildman–Crippen LogP) is 4.90. The molecule has 1 aliphatic heterocycles. The number of carboxylic acids is 1. The Morgan fingerprint density at radius 2 is 1.44 bits per heavy atom. The highest BCUT2D eigenvalue weighted by molar-refractivity contribution is 5.67.